The summed E-state index contributed by atoms with van der Waals surface area (Å²) in [5.41, 5.74) is 1.42. The Morgan fingerprint density at radius 1 is 1.12 bits per heavy atom. The van der Waals surface area contributed by atoms with E-state index in [0.29, 0.717) is 30.2 Å². The average molecular weight is 469 g/mol. The van der Waals surface area contributed by atoms with Crippen LogP contribution in [0.2, 0.25) is 5.02 Å². The van der Waals surface area contributed by atoms with Crippen LogP contribution in [-0.4, -0.2) is 36.9 Å². The number of anilines is 1. The fourth-order valence-electron chi connectivity index (χ4n) is 3.98. The molecule has 1 aliphatic rings. The van der Waals surface area contributed by atoms with E-state index in [-0.39, 0.29) is 17.7 Å². The molecule has 7 heteroatoms. The summed E-state index contributed by atoms with van der Waals surface area (Å²) in [5.74, 6) is 0.474. The van der Waals surface area contributed by atoms with E-state index in [9.17, 15) is 9.59 Å². The van der Waals surface area contributed by atoms with Gasteiger partial charge in [-0.25, -0.2) is 0 Å². The lowest BCUT2D eigenvalue weighted by Crippen LogP contribution is -2.46. The molecule has 1 fully saturated rings. The van der Waals surface area contributed by atoms with Crippen LogP contribution in [0.4, 0.5) is 5.69 Å². The number of thiophene rings is 1. The number of ether oxygens (including phenoxy) is 1. The summed E-state index contributed by atoms with van der Waals surface area (Å²) in [6.45, 7) is 1.57. The topological polar surface area (TPSA) is 49.9 Å². The van der Waals surface area contributed by atoms with Gasteiger partial charge in [-0.1, -0.05) is 17.7 Å². The number of hydrogen-bond acceptors (Lipinski definition) is 4. The van der Waals surface area contributed by atoms with Gasteiger partial charge >= 0.3 is 0 Å². The molecule has 2 amide bonds. The van der Waals surface area contributed by atoms with Crippen LogP contribution in [0.3, 0.4) is 0 Å². The van der Waals surface area contributed by atoms with Gasteiger partial charge in [0.15, 0.2) is 0 Å². The monoisotopic (exact) mass is 468 g/mol. The number of carbonyl (C=O) groups excluding carboxylic acids is 2. The standard InChI is InChI=1S/C25H25ClN2O3S/c1-31-22-12-10-21(11-13-22)28(17-23-5-3-15-32-23)25(30)19-4-2-14-27(16-19)24(29)18-6-8-20(26)9-7-18/h3,5-13,15,19H,2,4,14,16-17H2,1H3/t19-/m0/s1. The van der Waals surface area contributed by atoms with Gasteiger partial charge in [-0.3, -0.25) is 9.59 Å². The first-order valence-electron chi connectivity index (χ1n) is 10.6. The molecule has 0 radical (unpaired) electrons. The van der Waals surface area contributed by atoms with Crippen LogP contribution in [0, 0.1) is 5.92 Å². The minimum atomic E-state index is -0.248. The molecule has 3 aromatic rings. The predicted octanol–water partition coefficient (Wildman–Crippen LogP) is 5.50. The zero-order valence-electron chi connectivity index (χ0n) is 17.9. The summed E-state index contributed by atoms with van der Waals surface area (Å²) in [6, 6.07) is 18.5. The summed E-state index contributed by atoms with van der Waals surface area (Å²) >= 11 is 7.58. The van der Waals surface area contributed by atoms with Crippen molar-refractivity contribution in [3.63, 3.8) is 0 Å². The van der Waals surface area contributed by atoms with Crippen molar-refractivity contribution < 1.29 is 14.3 Å². The summed E-state index contributed by atoms with van der Waals surface area (Å²) in [5, 5.41) is 2.61. The molecule has 1 saturated heterocycles. The second kappa shape index (κ2) is 10.2. The number of likely N-dealkylation sites (tertiary alicyclic amines) is 1. The zero-order chi connectivity index (χ0) is 22.5. The first-order chi connectivity index (χ1) is 15.5. The largest absolute Gasteiger partial charge is 0.497 e. The van der Waals surface area contributed by atoms with Gasteiger partial charge in [-0.05, 0) is 72.8 Å². The van der Waals surface area contributed by atoms with Gasteiger partial charge < -0.3 is 14.5 Å². The quantitative estimate of drug-likeness (QED) is 0.480. The fraction of sp³-hybridized carbons (Fsp3) is 0.280. The molecule has 5 nitrogen and oxygen atoms in total. The highest BCUT2D eigenvalue weighted by molar-refractivity contribution is 7.09. The van der Waals surface area contributed by atoms with Crippen LogP contribution in [0.1, 0.15) is 28.1 Å². The lowest BCUT2D eigenvalue weighted by atomic mass is 9.95. The van der Waals surface area contributed by atoms with E-state index < -0.39 is 0 Å². The Morgan fingerprint density at radius 3 is 2.53 bits per heavy atom. The molecule has 0 saturated carbocycles. The van der Waals surface area contributed by atoms with Gasteiger partial charge in [0.1, 0.15) is 5.75 Å². The first-order valence-corrected chi connectivity index (χ1v) is 11.8. The van der Waals surface area contributed by atoms with Gasteiger partial charge in [0.2, 0.25) is 5.91 Å². The van der Waals surface area contributed by atoms with E-state index >= 15 is 0 Å². The van der Waals surface area contributed by atoms with E-state index in [1.54, 1.807) is 47.6 Å². The van der Waals surface area contributed by atoms with Crippen LogP contribution in [-0.2, 0) is 11.3 Å². The summed E-state index contributed by atoms with van der Waals surface area (Å²) in [7, 11) is 1.62. The van der Waals surface area contributed by atoms with E-state index in [0.717, 1.165) is 29.2 Å². The molecular weight excluding hydrogens is 444 g/mol. The molecule has 0 spiro atoms. The number of halogens is 1. The Balaban J connectivity index is 1.53. The van der Waals surface area contributed by atoms with Crippen molar-refractivity contribution >= 4 is 40.4 Å². The number of amides is 2. The van der Waals surface area contributed by atoms with Crippen molar-refractivity contribution in [3.05, 3.63) is 81.5 Å². The molecule has 32 heavy (non-hydrogen) atoms. The summed E-state index contributed by atoms with van der Waals surface area (Å²) < 4.78 is 5.27. The first kappa shape index (κ1) is 22.4. The van der Waals surface area contributed by atoms with Crippen molar-refractivity contribution in [1.82, 2.24) is 4.90 Å². The highest BCUT2D eigenvalue weighted by Gasteiger charge is 2.32. The molecule has 1 atom stereocenters. The lowest BCUT2D eigenvalue weighted by Gasteiger charge is -2.35. The predicted molar refractivity (Wildman–Crippen MR) is 129 cm³/mol. The molecule has 0 bridgehead atoms. The van der Waals surface area contributed by atoms with E-state index in [1.165, 1.54) is 0 Å². The average Bonchev–Trinajstić information content (AvgIpc) is 3.36. The maximum atomic E-state index is 13.7. The van der Waals surface area contributed by atoms with E-state index in [2.05, 4.69) is 0 Å². The smallest absolute Gasteiger partial charge is 0.253 e. The maximum Gasteiger partial charge on any atom is 0.253 e. The van der Waals surface area contributed by atoms with Crippen molar-refractivity contribution in [2.75, 3.05) is 25.1 Å². The SMILES string of the molecule is COc1ccc(N(Cc2cccs2)C(=O)[C@H]2CCCN(C(=O)c3ccc(Cl)cc3)C2)cc1. The van der Waals surface area contributed by atoms with Gasteiger partial charge in [-0.15, -0.1) is 11.3 Å². The van der Waals surface area contributed by atoms with Crippen LogP contribution in [0.25, 0.3) is 0 Å². The number of rotatable bonds is 6. The minimum Gasteiger partial charge on any atom is -0.497 e. The molecule has 2 heterocycles. The van der Waals surface area contributed by atoms with Gasteiger partial charge in [-0.2, -0.15) is 0 Å². The molecule has 1 aliphatic heterocycles. The molecule has 0 N–H and O–H groups in total. The number of hydrogen-bond donors (Lipinski definition) is 0. The van der Waals surface area contributed by atoms with Crippen LogP contribution >= 0.6 is 22.9 Å². The van der Waals surface area contributed by atoms with Gasteiger partial charge in [0, 0.05) is 34.2 Å². The molecule has 1 aromatic heterocycles. The lowest BCUT2D eigenvalue weighted by molar-refractivity contribution is -0.123. The third kappa shape index (κ3) is 5.14. The van der Waals surface area contributed by atoms with Crippen molar-refractivity contribution in [2.45, 2.75) is 19.4 Å². The Bertz CT molecular complexity index is 1050. The van der Waals surface area contributed by atoms with E-state index in [1.807, 2.05) is 46.7 Å². The zero-order valence-corrected chi connectivity index (χ0v) is 19.4. The number of piperidine rings is 1. The molecule has 0 aliphatic carbocycles. The van der Waals surface area contributed by atoms with Crippen LogP contribution < -0.4 is 9.64 Å². The third-order valence-electron chi connectivity index (χ3n) is 5.69. The molecule has 4 rings (SSSR count). The molecular formula is C25H25ClN2O3S. The second-order valence-electron chi connectivity index (χ2n) is 7.80. The normalized spacial score (nSPS) is 15.9. The molecule has 0 unspecified atom stereocenters. The Morgan fingerprint density at radius 2 is 1.88 bits per heavy atom. The number of carbonyl (C=O) groups is 2. The van der Waals surface area contributed by atoms with Crippen molar-refractivity contribution in [3.8, 4) is 5.75 Å². The summed E-state index contributed by atoms with van der Waals surface area (Å²) in [6.07, 6.45) is 1.56. The van der Waals surface area contributed by atoms with Crippen LogP contribution in [0.5, 0.6) is 5.75 Å². The number of methoxy groups -OCH3 is 1. The Labute approximate surface area is 197 Å². The van der Waals surface area contributed by atoms with Crippen molar-refractivity contribution in [2.24, 2.45) is 5.92 Å². The van der Waals surface area contributed by atoms with E-state index in [4.69, 9.17) is 16.3 Å². The summed E-state index contributed by atoms with van der Waals surface area (Å²) in [4.78, 5) is 31.4. The molecule has 2 aromatic carbocycles. The van der Waals surface area contributed by atoms with Gasteiger partial charge in [0.05, 0.1) is 19.6 Å². The second-order valence-corrected chi connectivity index (χ2v) is 9.27. The van der Waals surface area contributed by atoms with Crippen LogP contribution in [0.15, 0.2) is 66.0 Å². The van der Waals surface area contributed by atoms with Crippen molar-refractivity contribution in [1.29, 1.82) is 0 Å². The minimum absolute atomic E-state index is 0.0390. The fourth-order valence-corrected chi connectivity index (χ4v) is 4.79. The highest BCUT2D eigenvalue weighted by Crippen LogP contribution is 2.28. The molecule has 166 valence electrons. The Hall–Kier alpha value is -2.83. The highest BCUT2D eigenvalue weighted by atomic mass is 35.5. The third-order valence-corrected chi connectivity index (χ3v) is 6.81. The van der Waals surface area contributed by atoms with Gasteiger partial charge in [0.25, 0.3) is 5.91 Å². The Kier molecular flexibility index (Phi) is 7.12. The number of nitrogens with zero attached hydrogens (tertiary/aromatic N) is 2. The maximum absolute atomic E-state index is 13.7. The number of benzene rings is 2.